The normalized spacial score (nSPS) is 15.8. The van der Waals surface area contributed by atoms with Crippen LogP contribution in [0, 0.1) is 5.82 Å². The number of halogens is 1. The van der Waals surface area contributed by atoms with Crippen molar-refractivity contribution in [1.29, 1.82) is 0 Å². The third kappa shape index (κ3) is 3.84. The maximum absolute atomic E-state index is 13.2. The van der Waals surface area contributed by atoms with Gasteiger partial charge in [0.25, 0.3) is 0 Å². The molecule has 3 rings (SSSR count). The predicted octanol–water partition coefficient (Wildman–Crippen LogP) is 3.89. The van der Waals surface area contributed by atoms with Gasteiger partial charge in [-0.15, -0.1) is 0 Å². The lowest BCUT2D eigenvalue weighted by molar-refractivity contribution is -0.126. The molecule has 4 heteroatoms. The predicted molar refractivity (Wildman–Crippen MR) is 99.3 cm³/mol. The molecule has 25 heavy (non-hydrogen) atoms. The highest BCUT2D eigenvalue weighted by Crippen LogP contribution is 2.41. The molecule has 0 atom stereocenters. The summed E-state index contributed by atoms with van der Waals surface area (Å²) in [5, 5.41) is 3.10. The third-order valence-electron chi connectivity index (χ3n) is 5.22. The molecule has 0 unspecified atom stereocenters. The number of hydrogen-bond donors (Lipinski definition) is 1. The Morgan fingerprint density at radius 2 is 1.72 bits per heavy atom. The molecule has 0 bridgehead atoms. The first-order valence-corrected chi connectivity index (χ1v) is 8.92. The second-order valence-electron chi connectivity index (χ2n) is 6.81. The molecule has 1 saturated carbocycles. The summed E-state index contributed by atoms with van der Waals surface area (Å²) in [7, 11) is 2.02. The fraction of sp³-hybridized carbons (Fsp3) is 0.381. The molecule has 0 saturated heterocycles. The minimum atomic E-state index is -0.501. The monoisotopic (exact) mass is 340 g/mol. The molecule has 0 radical (unpaired) electrons. The van der Waals surface area contributed by atoms with E-state index in [2.05, 4.69) is 22.3 Å². The standard InChI is InChI=1S/C21H25FN2O/c1-24(19-7-3-2-4-8-19)16-15-23-20(25)21(13-5-6-14-21)17-9-11-18(22)12-10-17/h2-4,7-12H,5-6,13-16H2,1H3,(H,23,25). The molecular formula is C21H25FN2O. The van der Waals surface area contributed by atoms with Gasteiger partial charge in [-0.3, -0.25) is 4.79 Å². The first-order chi connectivity index (χ1) is 12.1. The number of likely N-dealkylation sites (N-methyl/N-ethyl adjacent to an activating group) is 1. The number of hydrogen-bond acceptors (Lipinski definition) is 2. The highest BCUT2D eigenvalue weighted by Gasteiger charge is 2.42. The number of nitrogens with zero attached hydrogens (tertiary/aromatic N) is 1. The smallest absolute Gasteiger partial charge is 0.230 e. The average molecular weight is 340 g/mol. The van der Waals surface area contributed by atoms with Gasteiger partial charge in [0.05, 0.1) is 5.41 Å². The maximum Gasteiger partial charge on any atom is 0.230 e. The molecule has 1 amide bonds. The van der Waals surface area contributed by atoms with Crippen molar-refractivity contribution in [2.24, 2.45) is 0 Å². The number of rotatable bonds is 6. The van der Waals surface area contributed by atoms with Gasteiger partial charge in [-0.1, -0.05) is 43.2 Å². The van der Waals surface area contributed by atoms with Gasteiger partial charge in [0.2, 0.25) is 5.91 Å². The summed E-state index contributed by atoms with van der Waals surface area (Å²) in [6, 6.07) is 16.5. The molecule has 0 aliphatic heterocycles. The van der Waals surface area contributed by atoms with Crippen molar-refractivity contribution < 1.29 is 9.18 Å². The van der Waals surface area contributed by atoms with Gasteiger partial charge in [0, 0.05) is 25.8 Å². The summed E-state index contributed by atoms with van der Waals surface area (Å²) in [5.41, 5.74) is 1.56. The quantitative estimate of drug-likeness (QED) is 0.865. The molecule has 1 fully saturated rings. The largest absolute Gasteiger partial charge is 0.373 e. The molecule has 2 aromatic carbocycles. The zero-order valence-electron chi connectivity index (χ0n) is 14.7. The molecule has 0 spiro atoms. The van der Waals surface area contributed by atoms with E-state index < -0.39 is 5.41 Å². The Hall–Kier alpha value is -2.36. The van der Waals surface area contributed by atoms with Gasteiger partial charge in [0.1, 0.15) is 5.82 Å². The third-order valence-corrected chi connectivity index (χ3v) is 5.22. The Bertz CT molecular complexity index is 694. The van der Waals surface area contributed by atoms with Crippen molar-refractivity contribution in [2.45, 2.75) is 31.1 Å². The van der Waals surface area contributed by atoms with E-state index in [1.807, 2.05) is 25.2 Å². The lowest BCUT2D eigenvalue weighted by Crippen LogP contribution is -2.45. The van der Waals surface area contributed by atoms with Crippen LogP contribution in [0.3, 0.4) is 0 Å². The fourth-order valence-corrected chi connectivity index (χ4v) is 3.71. The second kappa shape index (κ2) is 7.68. The summed E-state index contributed by atoms with van der Waals surface area (Å²) in [6.07, 6.45) is 3.74. The Labute approximate surface area is 148 Å². The van der Waals surface area contributed by atoms with E-state index in [0.29, 0.717) is 6.54 Å². The molecule has 0 aromatic heterocycles. The summed E-state index contributed by atoms with van der Waals surface area (Å²) >= 11 is 0. The topological polar surface area (TPSA) is 32.3 Å². The van der Waals surface area contributed by atoms with Gasteiger partial charge in [-0.05, 0) is 42.7 Å². The van der Waals surface area contributed by atoms with Gasteiger partial charge in [-0.2, -0.15) is 0 Å². The summed E-state index contributed by atoms with van der Waals surface area (Å²) in [5.74, 6) is -0.195. The van der Waals surface area contributed by atoms with Crippen molar-refractivity contribution in [2.75, 3.05) is 25.0 Å². The molecule has 3 nitrogen and oxygen atoms in total. The van der Waals surface area contributed by atoms with Gasteiger partial charge in [0.15, 0.2) is 0 Å². The van der Waals surface area contributed by atoms with Crippen molar-refractivity contribution >= 4 is 11.6 Å². The lowest BCUT2D eigenvalue weighted by atomic mass is 9.78. The number of anilines is 1. The van der Waals surface area contributed by atoms with Crippen LogP contribution in [0.25, 0.3) is 0 Å². The van der Waals surface area contributed by atoms with Gasteiger partial charge < -0.3 is 10.2 Å². The number of nitrogens with one attached hydrogen (secondary N) is 1. The first-order valence-electron chi connectivity index (χ1n) is 8.92. The van der Waals surface area contributed by atoms with Crippen molar-refractivity contribution in [3.05, 3.63) is 66.0 Å². The van der Waals surface area contributed by atoms with Crippen LogP contribution in [0.1, 0.15) is 31.2 Å². The van der Waals surface area contributed by atoms with Gasteiger partial charge in [-0.25, -0.2) is 4.39 Å². The molecular weight excluding hydrogens is 315 g/mol. The van der Waals surface area contributed by atoms with E-state index in [0.717, 1.165) is 43.5 Å². The van der Waals surface area contributed by atoms with Crippen molar-refractivity contribution in [3.63, 3.8) is 0 Å². The van der Waals surface area contributed by atoms with E-state index in [1.54, 1.807) is 12.1 Å². The molecule has 1 N–H and O–H groups in total. The number of carbonyl (C=O) groups excluding carboxylic acids is 1. The lowest BCUT2D eigenvalue weighted by Gasteiger charge is -2.29. The van der Waals surface area contributed by atoms with E-state index in [-0.39, 0.29) is 11.7 Å². The fourth-order valence-electron chi connectivity index (χ4n) is 3.71. The Morgan fingerprint density at radius 1 is 1.08 bits per heavy atom. The van der Waals surface area contributed by atoms with E-state index >= 15 is 0 Å². The number of carbonyl (C=O) groups is 1. The van der Waals surface area contributed by atoms with Crippen LogP contribution in [0.15, 0.2) is 54.6 Å². The van der Waals surface area contributed by atoms with E-state index in [1.165, 1.54) is 12.1 Å². The van der Waals surface area contributed by atoms with Crippen LogP contribution in [0.2, 0.25) is 0 Å². The zero-order valence-corrected chi connectivity index (χ0v) is 14.7. The maximum atomic E-state index is 13.2. The molecule has 2 aromatic rings. The number of benzene rings is 2. The summed E-state index contributed by atoms with van der Waals surface area (Å²) in [4.78, 5) is 15.1. The highest BCUT2D eigenvalue weighted by atomic mass is 19.1. The minimum Gasteiger partial charge on any atom is -0.373 e. The Kier molecular flexibility index (Phi) is 5.37. The second-order valence-corrected chi connectivity index (χ2v) is 6.81. The van der Waals surface area contributed by atoms with E-state index in [4.69, 9.17) is 0 Å². The molecule has 1 aliphatic carbocycles. The van der Waals surface area contributed by atoms with Crippen LogP contribution in [-0.2, 0) is 10.2 Å². The zero-order chi connectivity index (χ0) is 17.7. The van der Waals surface area contributed by atoms with Crippen LogP contribution < -0.4 is 10.2 Å². The van der Waals surface area contributed by atoms with Crippen LogP contribution in [-0.4, -0.2) is 26.0 Å². The van der Waals surface area contributed by atoms with Crippen LogP contribution in [0.5, 0.6) is 0 Å². The Balaban J connectivity index is 1.63. The minimum absolute atomic E-state index is 0.0677. The molecule has 132 valence electrons. The summed E-state index contributed by atoms with van der Waals surface area (Å²) < 4.78 is 13.2. The van der Waals surface area contributed by atoms with Gasteiger partial charge >= 0.3 is 0 Å². The van der Waals surface area contributed by atoms with Crippen molar-refractivity contribution in [1.82, 2.24) is 5.32 Å². The number of para-hydroxylation sites is 1. The van der Waals surface area contributed by atoms with Crippen LogP contribution >= 0.6 is 0 Å². The number of amides is 1. The van der Waals surface area contributed by atoms with E-state index in [9.17, 15) is 9.18 Å². The SMILES string of the molecule is CN(CCNC(=O)C1(c2ccc(F)cc2)CCCC1)c1ccccc1. The van der Waals surface area contributed by atoms with Crippen LogP contribution in [0.4, 0.5) is 10.1 Å². The van der Waals surface area contributed by atoms with Crippen molar-refractivity contribution in [3.8, 4) is 0 Å². The average Bonchev–Trinajstić information content (AvgIpc) is 3.14. The highest BCUT2D eigenvalue weighted by molar-refractivity contribution is 5.88. The Morgan fingerprint density at radius 3 is 2.36 bits per heavy atom. The molecule has 1 aliphatic rings. The summed E-state index contributed by atoms with van der Waals surface area (Å²) in [6.45, 7) is 1.34. The molecule has 0 heterocycles. The first kappa shape index (κ1) is 17.5.